The lowest BCUT2D eigenvalue weighted by molar-refractivity contribution is 0.910. The van der Waals surface area contributed by atoms with Crippen LogP contribution in [0.3, 0.4) is 0 Å². The highest BCUT2D eigenvalue weighted by molar-refractivity contribution is 7.99. The molecule has 0 aliphatic heterocycles. The zero-order valence-corrected chi connectivity index (χ0v) is 16.1. The van der Waals surface area contributed by atoms with E-state index in [0.29, 0.717) is 22.7 Å². The van der Waals surface area contributed by atoms with Crippen molar-refractivity contribution in [3.05, 3.63) is 78.5 Å². The summed E-state index contributed by atoms with van der Waals surface area (Å²) < 4.78 is 1.98. The van der Waals surface area contributed by atoms with Gasteiger partial charge in [0.05, 0.1) is 0 Å². The van der Waals surface area contributed by atoms with E-state index in [2.05, 4.69) is 22.6 Å². The summed E-state index contributed by atoms with van der Waals surface area (Å²) in [6.45, 7) is 5.82. The molecule has 0 aliphatic carbocycles. The first-order chi connectivity index (χ1) is 13.7. The molecule has 0 bridgehead atoms. The summed E-state index contributed by atoms with van der Waals surface area (Å²) in [6, 6.07) is 20.0. The molecular formula is C22H17N5S. The molecule has 2 heterocycles. The molecule has 28 heavy (non-hydrogen) atoms. The first kappa shape index (κ1) is 18.0. The minimum absolute atomic E-state index is 0.274. The van der Waals surface area contributed by atoms with E-state index in [4.69, 9.17) is 4.98 Å². The van der Waals surface area contributed by atoms with Gasteiger partial charge in [0.25, 0.3) is 0 Å². The Hall–Kier alpha value is -3.43. The van der Waals surface area contributed by atoms with Crippen LogP contribution in [-0.2, 0) is 0 Å². The molecule has 0 fully saturated rings. The number of nitrogens with zero attached hydrogens (tertiary/aromatic N) is 5. The van der Waals surface area contributed by atoms with Gasteiger partial charge in [0.1, 0.15) is 11.6 Å². The molecule has 0 spiro atoms. The molecule has 0 aliphatic rings. The third-order valence-electron chi connectivity index (χ3n) is 4.24. The Balaban J connectivity index is 2.00. The fourth-order valence-electron chi connectivity index (χ4n) is 2.89. The van der Waals surface area contributed by atoms with Crippen LogP contribution in [0.4, 0.5) is 0 Å². The van der Waals surface area contributed by atoms with Crippen LogP contribution in [0.2, 0.25) is 0 Å². The lowest BCUT2D eigenvalue weighted by Gasteiger charge is -2.08. The topological polar surface area (TPSA) is 67.4 Å². The zero-order chi connectivity index (χ0) is 19.5. The number of imidazole rings is 1. The highest BCUT2D eigenvalue weighted by atomic mass is 32.2. The quantitative estimate of drug-likeness (QED) is 0.361. The maximum Gasteiger partial charge on any atom is 0.175 e. The predicted octanol–water partition coefficient (Wildman–Crippen LogP) is 4.94. The molecular weight excluding hydrogens is 366 g/mol. The van der Waals surface area contributed by atoms with Crippen LogP contribution in [0.1, 0.15) is 11.3 Å². The van der Waals surface area contributed by atoms with Crippen LogP contribution in [0, 0.1) is 18.3 Å². The maximum absolute atomic E-state index is 9.69. The molecule has 0 unspecified atom stereocenters. The Morgan fingerprint density at radius 3 is 2.50 bits per heavy atom. The molecule has 2 aromatic heterocycles. The summed E-state index contributed by atoms with van der Waals surface area (Å²) in [7, 11) is 0. The van der Waals surface area contributed by atoms with E-state index >= 15 is 0 Å². The second-order valence-electron chi connectivity index (χ2n) is 6.21. The number of hydrogen-bond acceptors (Lipinski definition) is 5. The Kier molecular flexibility index (Phi) is 4.92. The Bertz CT molecular complexity index is 1190. The Morgan fingerprint density at radius 2 is 1.82 bits per heavy atom. The Labute approximate surface area is 167 Å². The van der Waals surface area contributed by atoms with Crippen molar-refractivity contribution in [1.82, 2.24) is 19.5 Å². The summed E-state index contributed by atoms with van der Waals surface area (Å²) in [6.07, 6.45) is 1.83. The van der Waals surface area contributed by atoms with Crippen LogP contribution in [0.15, 0.2) is 72.4 Å². The van der Waals surface area contributed by atoms with Crippen LogP contribution in [0.25, 0.3) is 28.2 Å². The van der Waals surface area contributed by atoms with Crippen molar-refractivity contribution in [3.8, 4) is 23.1 Å². The molecule has 2 aromatic carbocycles. The SMILES string of the molecule is C=CCSc1nc2c(C#N)nc(-c3ccc(C)cc3)nc2n1-c1ccccc1. The summed E-state index contributed by atoms with van der Waals surface area (Å²) in [5.41, 5.74) is 4.37. The van der Waals surface area contributed by atoms with E-state index in [0.717, 1.165) is 22.0 Å². The van der Waals surface area contributed by atoms with Gasteiger partial charge in [-0.25, -0.2) is 15.0 Å². The highest BCUT2D eigenvalue weighted by Crippen LogP contribution is 2.30. The number of fused-ring (bicyclic) bond motifs is 1. The number of benzene rings is 2. The van der Waals surface area contributed by atoms with E-state index in [1.807, 2.05) is 72.2 Å². The van der Waals surface area contributed by atoms with Crippen molar-refractivity contribution >= 4 is 22.9 Å². The van der Waals surface area contributed by atoms with Crippen molar-refractivity contribution < 1.29 is 0 Å². The number of aromatic nitrogens is 4. The number of aryl methyl sites for hydroxylation is 1. The number of thioether (sulfide) groups is 1. The fourth-order valence-corrected chi connectivity index (χ4v) is 3.63. The van der Waals surface area contributed by atoms with Gasteiger partial charge in [-0.05, 0) is 19.1 Å². The van der Waals surface area contributed by atoms with Gasteiger partial charge in [0.15, 0.2) is 22.3 Å². The van der Waals surface area contributed by atoms with Gasteiger partial charge in [-0.2, -0.15) is 5.26 Å². The van der Waals surface area contributed by atoms with E-state index < -0.39 is 0 Å². The molecule has 0 atom stereocenters. The Morgan fingerprint density at radius 1 is 1.07 bits per heavy atom. The second kappa shape index (κ2) is 7.67. The first-order valence-electron chi connectivity index (χ1n) is 8.78. The van der Waals surface area contributed by atoms with Crippen LogP contribution >= 0.6 is 11.8 Å². The smallest absolute Gasteiger partial charge is 0.175 e. The van der Waals surface area contributed by atoms with E-state index in [9.17, 15) is 5.26 Å². The fraction of sp³-hybridized carbons (Fsp3) is 0.0909. The summed E-state index contributed by atoms with van der Waals surface area (Å²) >= 11 is 1.55. The summed E-state index contributed by atoms with van der Waals surface area (Å²) in [4.78, 5) is 13.9. The van der Waals surface area contributed by atoms with E-state index in [1.165, 1.54) is 0 Å². The van der Waals surface area contributed by atoms with Gasteiger partial charge in [0.2, 0.25) is 0 Å². The van der Waals surface area contributed by atoms with Crippen LogP contribution < -0.4 is 0 Å². The minimum atomic E-state index is 0.274. The third kappa shape index (κ3) is 3.28. The van der Waals surface area contributed by atoms with E-state index in [1.54, 1.807) is 11.8 Å². The number of nitriles is 1. The van der Waals surface area contributed by atoms with Gasteiger partial charge < -0.3 is 0 Å². The largest absolute Gasteiger partial charge is 0.271 e. The molecule has 6 heteroatoms. The molecule has 0 saturated carbocycles. The molecule has 136 valence electrons. The van der Waals surface area contributed by atoms with Crippen molar-refractivity contribution in [2.24, 2.45) is 0 Å². The van der Waals surface area contributed by atoms with Gasteiger partial charge in [0, 0.05) is 17.0 Å². The number of hydrogen-bond donors (Lipinski definition) is 0. The second-order valence-corrected chi connectivity index (χ2v) is 7.20. The average molecular weight is 383 g/mol. The lowest BCUT2D eigenvalue weighted by atomic mass is 10.1. The van der Waals surface area contributed by atoms with E-state index in [-0.39, 0.29) is 5.69 Å². The third-order valence-corrected chi connectivity index (χ3v) is 5.17. The molecule has 0 radical (unpaired) electrons. The van der Waals surface area contributed by atoms with Crippen LogP contribution in [-0.4, -0.2) is 25.3 Å². The van der Waals surface area contributed by atoms with Gasteiger partial charge in [-0.3, -0.25) is 4.57 Å². The minimum Gasteiger partial charge on any atom is -0.271 e. The predicted molar refractivity (Wildman–Crippen MR) is 112 cm³/mol. The molecule has 5 nitrogen and oxygen atoms in total. The normalized spacial score (nSPS) is 10.7. The van der Waals surface area contributed by atoms with Gasteiger partial charge in [-0.1, -0.05) is 65.9 Å². The standard InChI is InChI=1S/C22H17N5S/c1-3-13-28-22-25-19-18(14-23)24-20(16-11-9-15(2)10-12-16)26-21(19)27(22)17-7-5-4-6-8-17/h3-12H,1,13H2,2H3. The molecule has 0 amide bonds. The molecule has 4 aromatic rings. The number of rotatable bonds is 5. The van der Waals surface area contributed by atoms with Crippen molar-refractivity contribution in [1.29, 1.82) is 5.26 Å². The van der Waals surface area contributed by atoms with Crippen LogP contribution in [0.5, 0.6) is 0 Å². The lowest BCUT2D eigenvalue weighted by Crippen LogP contribution is -2.00. The number of para-hydroxylation sites is 1. The van der Waals surface area contributed by atoms with Crippen molar-refractivity contribution in [2.45, 2.75) is 12.1 Å². The first-order valence-corrected chi connectivity index (χ1v) is 9.76. The average Bonchev–Trinajstić information content (AvgIpc) is 3.11. The molecule has 0 saturated heterocycles. The van der Waals surface area contributed by atoms with Crippen molar-refractivity contribution in [2.75, 3.05) is 5.75 Å². The monoisotopic (exact) mass is 383 g/mol. The summed E-state index contributed by atoms with van der Waals surface area (Å²) in [5, 5.41) is 10.4. The zero-order valence-electron chi connectivity index (χ0n) is 15.3. The highest BCUT2D eigenvalue weighted by Gasteiger charge is 2.19. The van der Waals surface area contributed by atoms with Gasteiger partial charge in [-0.15, -0.1) is 6.58 Å². The maximum atomic E-state index is 9.69. The molecule has 4 rings (SSSR count). The van der Waals surface area contributed by atoms with Crippen molar-refractivity contribution in [3.63, 3.8) is 0 Å². The summed E-state index contributed by atoms with van der Waals surface area (Å²) in [5.74, 6) is 1.22. The van der Waals surface area contributed by atoms with Gasteiger partial charge >= 0.3 is 0 Å². The molecule has 0 N–H and O–H groups in total.